The minimum absolute atomic E-state index is 0.0319. The van der Waals surface area contributed by atoms with Gasteiger partial charge < -0.3 is 0 Å². The molecule has 0 bridgehead atoms. The van der Waals surface area contributed by atoms with Gasteiger partial charge in [0.1, 0.15) is 12.4 Å². The molecule has 1 amide bonds. The van der Waals surface area contributed by atoms with Crippen molar-refractivity contribution in [2.45, 2.75) is 0 Å². The van der Waals surface area contributed by atoms with Gasteiger partial charge in [-0.1, -0.05) is 23.7 Å². The van der Waals surface area contributed by atoms with Crippen molar-refractivity contribution in [1.29, 1.82) is 0 Å². The summed E-state index contributed by atoms with van der Waals surface area (Å²) in [6.07, 6.45) is 2.02. The molecule has 0 radical (unpaired) electrons. The maximum absolute atomic E-state index is 11.8. The molecule has 0 fully saturated rings. The smallest absolute Gasteiger partial charge is 0.290 e. The number of nitro groups is 1. The first kappa shape index (κ1) is 12.9. The van der Waals surface area contributed by atoms with Gasteiger partial charge in [0.25, 0.3) is 5.91 Å². The summed E-state index contributed by atoms with van der Waals surface area (Å²) in [5.74, 6) is -0.519. The van der Waals surface area contributed by atoms with Crippen LogP contribution in [0.3, 0.4) is 0 Å². The molecule has 0 aliphatic rings. The number of benzene rings is 1. The lowest BCUT2D eigenvalue weighted by Gasteiger charge is -2.04. The minimum atomic E-state index is -0.625. The van der Waals surface area contributed by atoms with Crippen LogP contribution in [0.2, 0.25) is 5.02 Å². The largest absolute Gasteiger partial charge is 0.305 e. The molecule has 0 aliphatic carbocycles. The molecule has 8 heteroatoms. The first-order valence-corrected chi connectivity index (χ1v) is 5.48. The summed E-state index contributed by atoms with van der Waals surface area (Å²) in [7, 11) is 0. The molecule has 1 aromatic heterocycles. The molecule has 0 saturated carbocycles. The summed E-state index contributed by atoms with van der Waals surface area (Å²) in [6.45, 7) is 0. The van der Waals surface area contributed by atoms with E-state index in [9.17, 15) is 14.9 Å². The number of carbonyl (C=O) groups is 1. The predicted molar refractivity (Wildman–Crippen MR) is 68.1 cm³/mol. The molecule has 2 rings (SSSR count). The maximum Gasteiger partial charge on any atom is 0.305 e. The second-order valence-electron chi connectivity index (χ2n) is 3.46. The van der Waals surface area contributed by atoms with E-state index in [1.807, 2.05) is 0 Å². The van der Waals surface area contributed by atoms with E-state index < -0.39 is 10.8 Å². The number of rotatable bonds is 3. The maximum atomic E-state index is 11.8. The topological polar surface area (TPSA) is 98.0 Å². The fourth-order valence-corrected chi connectivity index (χ4v) is 1.52. The lowest BCUT2D eigenvalue weighted by atomic mass is 10.2. The zero-order chi connectivity index (χ0) is 13.8. The summed E-state index contributed by atoms with van der Waals surface area (Å²) in [6, 6.07) is 6.48. The van der Waals surface area contributed by atoms with E-state index in [4.69, 9.17) is 11.6 Å². The van der Waals surface area contributed by atoms with Crippen LogP contribution in [0, 0.1) is 10.1 Å². The fourth-order valence-electron chi connectivity index (χ4n) is 1.29. The van der Waals surface area contributed by atoms with Crippen molar-refractivity contribution in [3.63, 3.8) is 0 Å². The van der Waals surface area contributed by atoms with E-state index >= 15 is 0 Å². The normalized spacial score (nSPS) is 9.95. The molecule has 0 spiro atoms. The van der Waals surface area contributed by atoms with Gasteiger partial charge >= 0.3 is 5.69 Å². The van der Waals surface area contributed by atoms with Gasteiger partial charge in [0, 0.05) is 0 Å². The average Bonchev–Trinajstić information content (AvgIpc) is 2.39. The third-order valence-corrected chi connectivity index (χ3v) is 2.52. The van der Waals surface area contributed by atoms with Crippen molar-refractivity contribution in [2.75, 3.05) is 5.32 Å². The lowest BCUT2D eigenvalue weighted by molar-refractivity contribution is -0.385. The monoisotopic (exact) mass is 278 g/mol. The van der Waals surface area contributed by atoms with Gasteiger partial charge in [-0.05, 0) is 12.1 Å². The van der Waals surface area contributed by atoms with Crippen molar-refractivity contribution in [3.8, 4) is 0 Å². The van der Waals surface area contributed by atoms with Crippen LogP contribution in [0.4, 0.5) is 11.6 Å². The Morgan fingerprint density at radius 1 is 1.26 bits per heavy atom. The number of nitrogens with one attached hydrogen (secondary N) is 1. The van der Waals surface area contributed by atoms with Crippen LogP contribution in [0.1, 0.15) is 10.4 Å². The highest BCUT2D eigenvalue weighted by molar-refractivity contribution is 6.34. The Morgan fingerprint density at radius 2 is 1.89 bits per heavy atom. The quantitative estimate of drug-likeness (QED) is 0.686. The highest BCUT2D eigenvalue weighted by atomic mass is 35.5. The van der Waals surface area contributed by atoms with Gasteiger partial charge in [-0.3, -0.25) is 20.2 Å². The molecule has 1 N–H and O–H groups in total. The Labute approximate surface area is 112 Å². The van der Waals surface area contributed by atoms with Crippen LogP contribution in [-0.2, 0) is 0 Å². The number of aromatic nitrogens is 2. The zero-order valence-electron chi connectivity index (χ0n) is 9.41. The van der Waals surface area contributed by atoms with Crippen LogP contribution < -0.4 is 5.32 Å². The molecule has 0 atom stereocenters. The first-order valence-electron chi connectivity index (χ1n) is 5.10. The van der Waals surface area contributed by atoms with Crippen LogP contribution in [0.5, 0.6) is 0 Å². The van der Waals surface area contributed by atoms with E-state index in [0.717, 1.165) is 12.4 Å². The summed E-state index contributed by atoms with van der Waals surface area (Å²) in [5.41, 5.74) is 0.0156. The number of carbonyl (C=O) groups excluding carboxylic acids is 1. The second-order valence-corrected chi connectivity index (χ2v) is 3.86. The third-order valence-electron chi connectivity index (χ3n) is 2.19. The Kier molecular flexibility index (Phi) is 3.67. The molecule has 2 aromatic rings. The van der Waals surface area contributed by atoms with Gasteiger partial charge in [-0.25, -0.2) is 9.97 Å². The Morgan fingerprint density at radius 3 is 2.47 bits per heavy atom. The Hall–Kier alpha value is -2.54. The average molecular weight is 279 g/mol. The molecule has 1 heterocycles. The predicted octanol–water partition coefficient (Wildman–Crippen LogP) is 2.29. The molecule has 19 heavy (non-hydrogen) atoms. The highest BCUT2D eigenvalue weighted by Gasteiger charge is 2.12. The van der Waals surface area contributed by atoms with Crippen LogP contribution in [0.25, 0.3) is 0 Å². The van der Waals surface area contributed by atoms with Gasteiger partial charge in [0.05, 0.1) is 15.5 Å². The fraction of sp³-hybridized carbons (Fsp3) is 0. The van der Waals surface area contributed by atoms with Gasteiger partial charge in [-0.2, -0.15) is 0 Å². The molecule has 0 aliphatic heterocycles. The molecule has 0 saturated heterocycles. The Bertz CT molecular complexity index is 630. The van der Waals surface area contributed by atoms with Gasteiger partial charge in [0.15, 0.2) is 0 Å². The summed E-state index contributed by atoms with van der Waals surface area (Å²) >= 11 is 5.86. The molecular formula is C11H7ClN4O3. The highest BCUT2D eigenvalue weighted by Crippen LogP contribution is 2.16. The van der Waals surface area contributed by atoms with E-state index in [1.54, 1.807) is 24.3 Å². The number of amides is 1. The van der Waals surface area contributed by atoms with Crippen molar-refractivity contribution in [3.05, 3.63) is 57.4 Å². The third kappa shape index (κ3) is 3.02. The number of halogens is 1. The van der Waals surface area contributed by atoms with Crippen molar-refractivity contribution < 1.29 is 9.72 Å². The summed E-state index contributed by atoms with van der Waals surface area (Å²) < 4.78 is 0. The molecule has 96 valence electrons. The van der Waals surface area contributed by atoms with E-state index in [1.165, 1.54) is 0 Å². The zero-order valence-corrected chi connectivity index (χ0v) is 10.2. The van der Waals surface area contributed by atoms with E-state index in [0.29, 0.717) is 5.02 Å². The van der Waals surface area contributed by atoms with Crippen molar-refractivity contribution in [1.82, 2.24) is 9.97 Å². The summed E-state index contributed by atoms with van der Waals surface area (Å²) in [4.78, 5) is 29.0. The number of hydrogen-bond donors (Lipinski definition) is 1. The SMILES string of the molecule is O=C(Nc1ncc([N+](=O)[O-])cn1)c1ccccc1Cl. The van der Waals surface area contributed by atoms with Gasteiger partial charge in [-0.15, -0.1) is 0 Å². The number of anilines is 1. The molecule has 0 unspecified atom stereocenters. The molecule has 1 aromatic carbocycles. The molecular weight excluding hydrogens is 272 g/mol. The van der Waals surface area contributed by atoms with Crippen LogP contribution >= 0.6 is 11.6 Å². The molecule has 7 nitrogen and oxygen atoms in total. The van der Waals surface area contributed by atoms with E-state index in [2.05, 4.69) is 15.3 Å². The number of nitrogens with zero attached hydrogens (tertiary/aromatic N) is 3. The van der Waals surface area contributed by atoms with Crippen molar-refractivity contribution >= 4 is 29.1 Å². The van der Waals surface area contributed by atoms with Gasteiger partial charge in [0.2, 0.25) is 5.95 Å². The lowest BCUT2D eigenvalue weighted by Crippen LogP contribution is -2.14. The Balaban J connectivity index is 2.15. The van der Waals surface area contributed by atoms with E-state index in [-0.39, 0.29) is 17.2 Å². The van der Waals surface area contributed by atoms with Crippen LogP contribution in [0.15, 0.2) is 36.7 Å². The number of hydrogen-bond acceptors (Lipinski definition) is 5. The standard InChI is InChI=1S/C11H7ClN4O3/c12-9-4-2-1-3-8(9)10(17)15-11-13-5-7(6-14-11)16(18)19/h1-6H,(H,13,14,15,17). The minimum Gasteiger partial charge on any atom is -0.290 e. The second kappa shape index (κ2) is 5.40. The van der Waals surface area contributed by atoms with Crippen molar-refractivity contribution in [2.24, 2.45) is 0 Å². The first-order chi connectivity index (χ1) is 9.08. The van der Waals surface area contributed by atoms with Crippen LogP contribution in [-0.4, -0.2) is 20.8 Å². The summed E-state index contributed by atoms with van der Waals surface area (Å²) in [5, 5.41) is 13.1.